The van der Waals surface area contributed by atoms with Crippen LogP contribution in [-0.4, -0.2) is 60.8 Å². The van der Waals surface area contributed by atoms with Gasteiger partial charge in [0.25, 0.3) is 0 Å². The zero-order valence-electron chi connectivity index (χ0n) is 19.6. The highest BCUT2D eigenvalue weighted by molar-refractivity contribution is 5.37. The van der Waals surface area contributed by atoms with Gasteiger partial charge >= 0.3 is 6.36 Å². The quantitative estimate of drug-likeness (QED) is 0.267. The summed E-state index contributed by atoms with van der Waals surface area (Å²) in [4.78, 5) is 13.4. The Morgan fingerprint density at radius 1 is 0.750 bits per heavy atom. The van der Waals surface area contributed by atoms with Gasteiger partial charge in [-0.1, -0.05) is 42.5 Å². The van der Waals surface area contributed by atoms with E-state index in [0.717, 1.165) is 11.1 Å². The summed E-state index contributed by atoms with van der Waals surface area (Å²) in [6, 6.07) is 15.4. The van der Waals surface area contributed by atoms with Crippen molar-refractivity contribution in [3.8, 4) is 5.75 Å². The van der Waals surface area contributed by atoms with Crippen LogP contribution < -0.4 is 21.1 Å². The van der Waals surface area contributed by atoms with Crippen LogP contribution in [0.2, 0.25) is 0 Å². The van der Waals surface area contributed by atoms with Crippen LogP contribution in [0.5, 0.6) is 5.75 Å². The second-order valence-corrected chi connectivity index (χ2v) is 7.55. The van der Waals surface area contributed by atoms with Gasteiger partial charge in [0.05, 0.1) is 26.4 Å². The second kappa shape index (κ2) is 14.2. The molecule has 0 aliphatic rings. The average molecular weight is 507 g/mol. The Balaban J connectivity index is 1.59. The molecule has 9 nitrogen and oxygen atoms in total. The zero-order chi connectivity index (χ0) is 25.6. The van der Waals surface area contributed by atoms with Gasteiger partial charge in [0.2, 0.25) is 11.9 Å². The van der Waals surface area contributed by atoms with E-state index in [1.807, 2.05) is 30.3 Å². The molecule has 0 saturated heterocycles. The first-order chi connectivity index (χ1) is 17.4. The van der Waals surface area contributed by atoms with Crippen molar-refractivity contribution in [2.75, 3.05) is 50.2 Å². The SMILES string of the molecule is NCCOCCOCCNc1nc(Cc2ccccc2)nc(NCc2ccc(OC(F)(F)F)cc2)n1. The van der Waals surface area contributed by atoms with Crippen LogP contribution >= 0.6 is 0 Å². The Hall–Kier alpha value is -3.48. The molecular weight excluding hydrogens is 477 g/mol. The Morgan fingerprint density at radius 2 is 1.42 bits per heavy atom. The van der Waals surface area contributed by atoms with Crippen LogP contribution in [0.1, 0.15) is 17.0 Å². The summed E-state index contributed by atoms with van der Waals surface area (Å²) in [7, 11) is 0. The predicted octanol–water partition coefficient (Wildman–Crippen LogP) is 3.38. The number of halogens is 3. The number of hydrogen-bond acceptors (Lipinski definition) is 9. The van der Waals surface area contributed by atoms with E-state index in [-0.39, 0.29) is 5.75 Å². The minimum atomic E-state index is -4.73. The molecule has 3 rings (SSSR count). The number of nitrogens with one attached hydrogen (secondary N) is 2. The van der Waals surface area contributed by atoms with E-state index in [4.69, 9.17) is 15.2 Å². The molecule has 0 radical (unpaired) electrons. The molecule has 2 aromatic carbocycles. The molecule has 194 valence electrons. The summed E-state index contributed by atoms with van der Waals surface area (Å²) >= 11 is 0. The van der Waals surface area contributed by atoms with Gasteiger partial charge < -0.3 is 30.6 Å². The van der Waals surface area contributed by atoms with Gasteiger partial charge in [-0.25, -0.2) is 0 Å². The third-order valence-corrected chi connectivity index (χ3v) is 4.66. The number of anilines is 2. The molecule has 1 heterocycles. The van der Waals surface area contributed by atoms with Gasteiger partial charge in [0.1, 0.15) is 11.6 Å². The van der Waals surface area contributed by atoms with Crippen molar-refractivity contribution >= 4 is 11.9 Å². The van der Waals surface area contributed by atoms with Crippen molar-refractivity contribution < 1.29 is 27.4 Å². The van der Waals surface area contributed by atoms with Gasteiger partial charge in [-0.05, 0) is 23.3 Å². The largest absolute Gasteiger partial charge is 0.573 e. The topological polar surface area (TPSA) is 116 Å². The van der Waals surface area contributed by atoms with Crippen LogP contribution in [-0.2, 0) is 22.4 Å². The van der Waals surface area contributed by atoms with E-state index in [1.54, 1.807) is 0 Å². The van der Waals surface area contributed by atoms with E-state index >= 15 is 0 Å². The first-order valence-corrected chi connectivity index (χ1v) is 11.4. The molecule has 12 heteroatoms. The van der Waals surface area contributed by atoms with Crippen LogP contribution in [0.25, 0.3) is 0 Å². The molecule has 4 N–H and O–H groups in total. The molecule has 0 saturated carbocycles. The van der Waals surface area contributed by atoms with Crippen LogP contribution in [0.15, 0.2) is 54.6 Å². The monoisotopic (exact) mass is 506 g/mol. The summed E-state index contributed by atoms with van der Waals surface area (Å²) in [5.74, 6) is 1.00. The molecule has 0 fully saturated rings. The number of rotatable bonds is 15. The van der Waals surface area contributed by atoms with E-state index in [1.165, 1.54) is 24.3 Å². The van der Waals surface area contributed by atoms with Crippen molar-refractivity contribution in [3.05, 3.63) is 71.5 Å². The van der Waals surface area contributed by atoms with Crippen molar-refractivity contribution in [3.63, 3.8) is 0 Å². The second-order valence-electron chi connectivity index (χ2n) is 7.55. The van der Waals surface area contributed by atoms with E-state index in [9.17, 15) is 13.2 Å². The fourth-order valence-electron chi connectivity index (χ4n) is 3.07. The van der Waals surface area contributed by atoms with Crippen LogP contribution in [0.3, 0.4) is 0 Å². The zero-order valence-corrected chi connectivity index (χ0v) is 19.6. The lowest BCUT2D eigenvalue weighted by atomic mass is 10.1. The Bertz CT molecular complexity index is 1040. The van der Waals surface area contributed by atoms with Crippen LogP contribution in [0, 0.1) is 0 Å². The van der Waals surface area contributed by atoms with Gasteiger partial charge in [-0.3, -0.25) is 0 Å². The van der Waals surface area contributed by atoms with Gasteiger partial charge in [-0.2, -0.15) is 15.0 Å². The highest BCUT2D eigenvalue weighted by Crippen LogP contribution is 2.23. The van der Waals surface area contributed by atoms with Gasteiger partial charge in [-0.15, -0.1) is 13.2 Å². The van der Waals surface area contributed by atoms with Crippen molar-refractivity contribution in [2.24, 2.45) is 5.73 Å². The first-order valence-electron chi connectivity index (χ1n) is 11.4. The maximum Gasteiger partial charge on any atom is 0.573 e. The van der Waals surface area contributed by atoms with Crippen molar-refractivity contribution in [2.45, 2.75) is 19.3 Å². The summed E-state index contributed by atoms with van der Waals surface area (Å²) in [6.45, 7) is 3.11. The molecule has 0 bridgehead atoms. The molecule has 0 spiro atoms. The third-order valence-electron chi connectivity index (χ3n) is 4.66. The molecular formula is C24H29F3N6O3. The normalized spacial score (nSPS) is 11.3. The third kappa shape index (κ3) is 10.4. The minimum absolute atomic E-state index is 0.281. The Morgan fingerprint density at radius 3 is 2.08 bits per heavy atom. The highest BCUT2D eigenvalue weighted by atomic mass is 19.4. The predicted molar refractivity (Wildman–Crippen MR) is 129 cm³/mol. The summed E-state index contributed by atoms with van der Waals surface area (Å²) in [5.41, 5.74) is 7.14. The number of benzene rings is 2. The highest BCUT2D eigenvalue weighted by Gasteiger charge is 2.30. The Labute approximate surface area is 207 Å². The van der Waals surface area contributed by atoms with E-state index in [0.29, 0.717) is 70.2 Å². The molecule has 0 atom stereocenters. The standard InChI is InChI=1S/C24H29F3N6O3/c25-24(26,27)36-20-8-6-19(7-9-20)17-30-23-32-21(16-18-4-2-1-3-5-18)31-22(33-23)29-11-13-35-15-14-34-12-10-28/h1-9H,10-17,28H2,(H2,29,30,31,32,33). The number of aromatic nitrogens is 3. The lowest BCUT2D eigenvalue weighted by Crippen LogP contribution is -2.17. The lowest BCUT2D eigenvalue weighted by molar-refractivity contribution is -0.274. The summed E-state index contributed by atoms with van der Waals surface area (Å²) in [5, 5.41) is 6.23. The molecule has 0 unspecified atom stereocenters. The molecule has 0 aliphatic heterocycles. The minimum Gasteiger partial charge on any atom is -0.406 e. The van der Waals surface area contributed by atoms with E-state index < -0.39 is 6.36 Å². The molecule has 3 aromatic rings. The lowest BCUT2D eigenvalue weighted by Gasteiger charge is -2.12. The van der Waals surface area contributed by atoms with Gasteiger partial charge in [0.15, 0.2) is 0 Å². The van der Waals surface area contributed by atoms with Gasteiger partial charge in [0, 0.05) is 26.1 Å². The maximum atomic E-state index is 12.4. The summed E-state index contributed by atoms with van der Waals surface area (Å²) in [6.07, 6.45) is -4.22. The summed E-state index contributed by atoms with van der Waals surface area (Å²) < 4.78 is 51.7. The average Bonchev–Trinajstić information content (AvgIpc) is 2.85. The van der Waals surface area contributed by atoms with Crippen molar-refractivity contribution in [1.82, 2.24) is 15.0 Å². The fourth-order valence-corrected chi connectivity index (χ4v) is 3.07. The number of nitrogens with two attached hydrogens (primary N) is 1. The molecule has 0 aliphatic carbocycles. The number of nitrogens with zero attached hydrogens (tertiary/aromatic N) is 3. The van der Waals surface area contributed by atoms with Crippen LogP contribution in [0.4, 0.5) is 25.1 Å². The molecule has 1 aromatic heterocycles. The smallest absolute Gasteiger partial charge is 0.406 e. The molecule has 36 heavy (non-hydrogen) atoms. The Kier molecular flexibility index (Phi) is 10.7. The maximum absolute atomic E-state index is 12.4. The fraction of sp³-hybridized carbons (Fsp3) is 0.375. The number of hydrogen-bond donors (Lipinski definition) is 3. The molecule has 0 amide bonds. The first kappa shape index (κ1) is 27.1. The van der Waals surface area contributed by atoms with Crippen molar-refractivity contribution in [1.29, 1.82) is 0 Å². The van der Waals surface area contributed by atoms with E-state index in [2.05, 4.69) is 30.3 Å². The number of alkyl halides is 3. The number of ether oxygens (including phenoxy) is 3.